The van der Waals surface area contributed by atoms with Gasteiger partial charge >= 0.3 is 0 Å². The Morgan fingerprint density at radius 2 is 1.78 bits per heavy atom. The van der Waals surface area contributed by atoms with Gasteiger partial charge in [-0.1, -0.05) is 72.3 Å². The van der Waals surface area contributed by atoms with Gasteiger partial charge in [-0.3, -0.25) is 0 Å². The van der Waals surface area contributed by atoms with E-state index in [1.165, 1.54) is 5.56 Å². The zero-order valence-corrected chi connectivity index (χ0v) is 16.5. The average molecular weight is 409 g/mol. The van der Waals surface area contributed by atoms with Gasteiger partial charge in [-0.2, -0.15) is 0 Å². The minimum atomic E-state index is 0.251. The second-order valence-electron chi connectivity index (χ2n) is 6.51. The smallest absolute Gasteiger partial charge is 0.216 e. The lowest BCUT2D eigenvalue weighted by Crippen LogP contribution is -1.96. The van der Waals surface area contributed by atoms with Crippen LogP contribution < -0.4 is 0 Å². The molecule has 1 unspecified atom stereocenters. The van der Waals surface area contributed by atoms with Crippen LogP contribution in [0.2, 0.25) is 10.3 Å². The van der Waals surface area contributed by atoms with E-state index >= 15 is 0 Å². The molecule has 0 N–H and O–H groups in total. The lowest BCUT2D eigenvalue weighted by Gasteiger charge is -2.14. The Bertz CT molecular complexity index is 1220. The van der Waals surface area contributed by atoms with Gasteiger partial charge in [0, 0.05) is 16.9 Å². The highest BCUT2D eigenvalue weighted by molar-refractivity contribution is 7.26. The highest BCUT2D eigenvalue weighted by Crippen LogP contribution is 2.41. The Balaban J connectivity index is 1.66. The van der Waals surface area contributed by atoms with Crippen molar-refractivity contribution in [2.24, 2.45) is 0 Å². The molecule has 1 aliphatic carbocycles. The van der Waals surface area contributed by atoms with Crippen LogP contribution in [0.5, 0.6) is 0 Å². The van der Waals surface area contributed by atoms with Gasteiger partial charge in [0.15, 0.2) is 0 Å². The van der Waals surface area contributed by atoms with Gasteiger partial charge in [0.25, 0.3) is 0 Å². The summed E-state index contributed by atoms with van der Waals surface area (Å²) in [5.74, 6) is 0.432. The molecule has 132 valence electrons. The number of nitrogens with zero attached hydrogens (tertiary/aromatic N) is 2. The monoisotopic (exact) mass is 408 g/mol. The van der Waals surface area contributed by atoms with Crippen molar-refractivity contribution in [2.45, 2.75) is 12.3 Å². The molecule has 0 bridgehead atoms. The van der Waals surface area contributed by atoms with Crippen LogP contribution in [0.4, 0.5) is 0 Å². The third kappa shape index (κ3) is 2.96. The number of hydrogen-bond donors (Lipinski definition) is 0. The Morgan fingerprint density at radius 3 is 2.56 bits per heavy atom. The fourth-order valence-corrected chi connectivity index (χ4v) is 5.13. The molecule has 0 saturated carbocycles. The first-order valence-electron chi connectivity index (χ1n) is 8.68. The van der Waals surface area contributed by atoms with E-state index in [9.17, 15) is 0 Å². The number of benzene rings is 2. The average Bonchev–Trinajstić information content (AvgIpc) is 3.08. The van der Waals surface area contributed by atoms with E-state index in [-0.39, 0.29) is 5.28 Å². The fourth-order valence-electron chi connectivity index (χ4n) is 3.52. The normalized spacial score (nSPS) is 16.4. The quantitative estimate of drug-likeness (QED) is 0.322. The first-order chi connectivity index (χ1) is 13.2. The summed E-state index contributed by atoms with van der Waals surface area (Å²) < 4.78 is 2.03. The van der Waals surface area contributed by atoms with Gasteiger partial charge in [0.2, 0.25) is 5.28 Å². The van der Waals surface area contributed by atoms with Crippen molar-refractivity contribution in [1.82, 2.24) is 9.97 Å². The van der Waals surface area contributed by atoms with E-state index in [0.717, 1.165) is 43.0 Å². The molecule has 1 aliphatic rings. The Labute approximate surface area is 170 Å². The zero-order chi connectivity index (χ0) is 18.4. The molecule has 5 rings (SSSR count). The van der Waals surface area contributed by atoms with Crippen LogP contribution in [-0.2, 0) is 0 Å². The molecule has 2 heterocycles. The number of halogens is 2. The Kier molecular flexibility index (Phi) is 4.24. The first-order valence-corrected chi connectivity index (χ1v) is 10.3. The molecule has 0 radical (unpaired) electrons. The molecule has 2 aromatic carbocycles. The molecule has 1 atom stereocenters. The maximum atomic E-state index is 6.39. The summed E-state index contributed by atoms with van der Waals surface area (Å²) >= 11 is 14.3. The molecule has 2 nitrogen and oxygen atoms in total. The molecule has 0 fully saturated rings. The van der Waals surface area contributed by atoms with Crippen LogP contribution in [0.15, 0.2) is 66.8 Å². The highest BCUT2D eigenvalue weighted by Gasteiger charge is 2.17. The van der Waals surface area contributed by atoms with Gasteiger partial charge in [-0.25, -0.2) is 9.97 Å². The molecule has 4 aromatic rings. The van der Waals surface area contributed by atoms with Gasteiger partial charge in [-0.15, -0.1) is 11.3 Å². The van der Waals surface area contributed by atoms with E-state index in [2.05, 4.69) is 58.5 Å². The van der Waals surface area contributed by atoms with Crippen LogP contribution in [0.25, 0.3) is 31.6 Å². The summed E-state index contributed by atoms with van der Waals surface area (Å²) in [6.45, 7) is 0. The number of hydrogen-bond acceptors (Lipinski definition) is 3. The topological polar surface area (TPSA) is 25.8 Å². The minimum absolute atomic E-state index is 0.251. The van der Waals surface area contributed by atoms with Crippen molar-refractivity contribution < 1.29 is 0 Å². The number of aromatic nitrogens is 2. The second-order valence-corrected chi connectivity index (χ2v) is 8.28. The molecule has 27 heavy (non-hydrogen) atoms. The second kappa shape index (κ2) is 6.75. The number of fused-ring (bicyclic) bond motifs is 3. The minimum Gasteiger partial charge on any atom is -0.216 e. The van der Waals surface area contributed by atoms with Crippen LogP contribution in [0.3, 0.4) is 0 Å². The predicted molar refractivity (Wildman–Crippen MR) is 116 cm³/mol. The molecule has 0 spiro atoms. The molecule has 5 heteroatoms. The summed E-state index contributed by atoms with van der Waals surface area (Å²) in [7, 11) is 0. The summed E-state index contributed by atoms with van der Waals surface area (Å²) in [5.41, 5.74) is 4.05. The van der Waals surface area contributed by atoms with Crippen molar-refractivity contribution in [3.05, 3.63) is 82.6 Å². The summed E-state index contributed by atoms with van der Waals surface area (Å²) in [4.78, 5) is 9.01. The van der Waals surface area contributed by atoms with Crippen molar-refractivity contribution in [1.29, 1.82) is 0 Å². The van der Waals surface area contributed by atoms with Gasteiger partial charge < -0.3 is 0 Å². The van der Waals surface area contributed by atoms with E-state index in [4.69, 9.17) is 23.2 Å². The van der Waals surface area contributed by atoms with Gasteiger partial charge in [0.05, 0.1) is 25.6 Å². The van der Waals surface area contributed by atoms with Crippen molar-refractivity contribution in [3.8, 4) is 11.3 Å². The third-order valence-electron chi connectivity index (χ3n) is 4.86. The lowest BCUT2D eigenvalue weighted by molar-refractivity contribution is 0.854. The molecule has 0 aliphatic heterocycles. The van der Waals surface area contributed by atoms with Crippen LogP contribution in [-0.4, -0.2) is 9.97 Å². The molecule has 2 aromatic heterocycles. The van der Waals surface area contributed by atoms with Crippen molar-refractivity contribution in [3.63, 3.8) is 0 Å². The summed E-state index contributed by atoms with van der Waals surface area (Å²) in [5, 5.41) is 2.00. The highest BCUT2D eigenvalue weighted by atomic mass is 35.5. The summed E-state index contributed by atoms with van der Waals surface area (Å²) in [6.07, 6.45) is 9.68. The number of allylic oxidation sites excluding steroid dienone is 4. The molecular formula is C22H14Cl2N2S. The van der Waals surface area contributed by atoms with Gasteiger partial charge in [0.1, 0.15) is 0 Å². The van der Waals surface area contributed by atoms with Crippen LogP contribution >= 0.6 is 34.5 Å². The molecular weight excluding hydrogens is 395 g/mol. The number of thiophene rings is 1. The molecule has 0 amide bonds. The van der Waals surface area contributed by atoms with E-state index in [1.54, 1.807) is 11.3 Å². The third-order valence-corrected chi connectivity index (χ3v) is 6.69. The SMILES string of the molecule is Clc1nc(-c2ccc(C3C=CC=CC3)cc2)c2sc3c(Cl)cccc3c2n1. The maximum absolute atomic E-state index is 6.39. The van der Waals surface area contributed by atoms with Crippen LogP contribution in [0, 0.1) is 0 Å². The van der Waals surface area contributed by atoms with Gasteiger partial charge in [-0.05, 0) is 29.7 Å². The summed E-state index contributed by atoms with van der Waals surface area (Å²) in [6, 6.07) is 14.4. The largest absolute Gasteiger partial charge is 0.223 e. The predicted octanol–water partition coefficient (Wildman–Crippen LogP) is 7.42. The number of rotatable bonds is 2. The van der Waals surface area contributed by atoms with Crippen LogP contribution in [0.1, 0.15) is 17.9 Å². The first kappa shape index (κ1) is 16.9. The lowest BCUT2D eigenvalue weighted by atomic mass is 9.92. The zero-order valence-electron chi connectivity index (χ0n) is 14.2. The van der Waals surface area contributed by atoms with E-state index in [0.29, 0.717) is 5.92 Å². The van der Waals surface area contributed by atoms with E-state index in [1.807, 2.05) is 18.2 Å². The molecule has 0 saturated heterocycles. The van der Waals surface area contributed by atoms with E-state index < -0.39 is 0 Å². The standard InChI is InChI=1S/C22H14Cl2N2S/c23-17-8-4-7-16-19-21(27-20(16)17)18(25-22(24)26-19)15-11-9-14(10-12-15)13-5-2-1-3-6-13/h1-5,7-13H,6H2. The maximum Gasteiger partial charge on any atom is 0.223 e. The Morgan fingerprint density at radius 1 is 0.926 bits per heavy atom. The fraction of sp³-hybridized carbons (Fsp3) is 0.0909. The van der Waals surface area contributed by atoms with Crippen molar-refractivity contribution in [2.75, 3.05) is 0 Å². The Hall–Kier alpha value is -2.20. The van der Waals surface area contributed by atoms with Crippen molar-refractivity contribution >= 4 is 54.8 Å².